The average molecular weight is 466 g/mol. The number of amides is 1. The first-order chi connectivity index (χ1) is 15.5. The number of ether oxygens (including phenoxy) is 1. The lowest BCUT2D eigenvalue weighted by molar-refractivity contribution is -0.138. The predicted octanol–water partition coefficient (Wildman–Crippen LogP) is 5.17. The van der Waals surface area contributed by atoms with E-state index in [1.54, 1.807) is 29.2 Å². The first-order valence-corrected chi connectivity index (χ1v) is 14.2. The third-order valence-corrected chi connectivity index (χ3v) is 11.4. The molecule has 3 rings (SSSR count). The number of rotatable bonds is 7. The van der Waals surface area contributed by atoms with E-state index in [0.29, 0.717) is 18.6 Å². The van der Waals surface area contributed by atoms with E-state index in [4.69, 9.17) is 9.16 Å². The monoisotopic (exact) mass is 465 g/mol. The van der Waals surface area contributed by atoms with Crippen LogP contribution in [0.25, 0.3) is 0 Å². The van der Waals surface area contributed by atoms with Crippen LogP contribution in [-0.4, -0.2) is 39.1 Å². The standard InChI is InChI=1S/C27H35NO4Si/c1-8-24(31-5)27(30,21-15-10-9-11-16-21)25(29)28-22(18-20-14-12-13-17-23(20)28)19-32-33(6,7)26(2,3)4/h9-17,22,30H,1,18-19H2,2-7H3/t22-,27+/m0/s1. The molecule has 0 saturated heterocycles. The number of aliphatic hydroxyl groups is 1. The van der Waals surface area contributed by atoms with Gasteiger partial charge in [0.2, 0.25) is 5.60 Å². The van der Waals surface area contributed by atoms with E-state index < -0.39 is 19.8 Å². The molecule has 2 aromatic carbocycles. The molecule has 0 saturated carbocycles. The molecule has 0 aromatic heterocycles. The SMILES string of the molecule is C=C=C(OC)[C@@](O)(C(=O)N1c2ccccc2C[C@H]1CO[Si](C)(C)C(C)(C)C)c1ccccc1. The molecule has 1 N–H and O–H groups in total. The molecule has 5 nitrogen and oxygen atoms in total. The Balaban J connectivity index is 2.06. The quantitative estimate of drug-likeness (QED) is 0.348. The Morgan fingerprint density at radius 1 is 1.15 bits per heavy atom. The van der Waals surface area contributed by atoms with E-state index in [2.05, 4.69) is 46.2 Å². The van der Waals surface area contributed by atoms with Crippen molar-refractivity contribution in [3.63, 3.8) is 0 Å². The van der Waals surface area contributed by atoms with Crippen LogP contribution in [0.1, 0.15) is 31.9 Å². The lowest BCUT2D eigenvalue weighted by Crippen LogP contribution is -2.53. The summed E-state index contributed by atoms with van der Waals surface area (Å²) in [4.78, 5) is 15.9. The predicted molar refractivity (Wildman–Crippen MR) is 135 cm³/mol. The summed E-state index contributed by atoms with van der Waals surface area (Å²) < 4.78 is 11.9. The number of carbonyl (C=O) groups excluding carboxylic acids is 1. The molecular formula is C27H35NO4Si. The fraction of sp³-hybridized carbons (Fsp3) is 0.407. The molecule has 0 fully saturated rings. The highest BCUT2D eigenvalue weighted by Gasteiger charge is 2.50. The van der Waals surface area contributed by atoms with Crippen molar-refractivity contribution in [2.75, 3.05) is 18.6 Å². The van der Waals surface area contributed by atoms with Crippen molar-refractivity contribution < 1.29 is 19.1 Å². The number of benzene rings is 2. The number of fused-ring (bicyclic) bond motifs is 1. The van der Waals surface area contributed by atoms with Crippen LogP contribution < -0.4 is 4.90 Å². The summed E-state index contributed by atoms with van der Waals surface area (Å²) >= 11 is 0. The Morgan fingerprint density at radius 2 is 1.76 bits per heavy atom. The zero-order valence-corrected chi connectivity index (χ0v) is 21.5. The number of para-hydroxylation sites is 1. The average Bonchev–Trinajstić information content (AvgIpc) is 3.16. The molecule has 0 aliphatic carbocycles. The van der Waals surface area contributed by atoms with Gasteiger partial charge in [-0.2, -0.15) is 0 Å². The van der Waals surface area contributed by atoms with Crippen LogP contribution in [0, 0.1) is 0 Å². The topological polar surface area (TPSA) is 59.0 Å². The Labute approximate surface area is 198 Å². The van der Waals surface area contributed by atoms with Crippen molar-refractivity contribution in [3.8, 4) is 0 Å². The maximum atomic E-state index is 14.2. The highest BCUT2D eigenvalue weighted by molar-refractivity contribution is 6.74. The molecule has 1 aliphatic rings. The van der Waals surface area contributed by atoms with Crippen molar-refractivity contribution in [2.45, 2.75) is 57.0 Å². The van der Waals surface area contributed by atoms with Gasteiger partial charge < -0.3 is 19.2 Å². The molecule has 1 heterocycles. The van der Waals surface area contributed by atoms with Crippen LogP contribution in [0.2, 0.25) is 18.1 Å². The minimum absolute atomic E-state index is 0.0351. The van der Waals surface area contributed by atoms with Gasteiger partial charge in [-0.05, 0) is 36.2 Å². The van der Waals surface area contributed by atoms with E-state index in [1.165, 1.54) is 7.11 Å². The summed E-state index contributed by atoms with van der Waals surface area (Å²) in [7, 11) is -0.631. The van der Waals surface area contributed by atoms with Crippen LogP contribution in [-0.2, 0) is 26.0 Å². The van der Waals surface area contributed by atoms with Gasteiger partial charge in [-0.25, -0.2) is 0 Å². The van der Waals surface area contributed by atoms with Crippen molar-refractivity contribution >= 4 is 19.9 Å². The lowest BCUT2D eigenvalue weighted by Gasteiger charge is -2.39. The number of hydrogen-bond acceptors (Lipinski definition) is 4. The summed E-state index contributed by atoms with van der Waals surface area (Å²) in [5.74, 6) is -0.539. The van der Waals surface area contributed by atoms with Gasteiger partial charge in [0.25, 0.3) is 5.91 Å². The van der Waals surface area contributed by atoms with E-state index in [1.807, 2.05) is 30.3 Å². The molecule has 1 amide bonds. The third kappa shape index (κ3) is 4.57. The minimum atomic E-state index is -2.07. The second-order valence-corrected chi connectivity index (χ2v) is 14.8. The van der Waals surface area contributed by atoms with Crippen LogP contribution >= 0.6 is 0 Å². The van der Waals surface area contributed by atoms with Gasteiger partial charge in [-0.3, -0.25) is 4.79 Å². The molecule has 0 bridgehead atoms. The molecule has 1 aliphatic heterocycles. The largest absolute Gasteiger partial charge is 0.489 e. The van der Waals surface area contributed by atoms with Crippen molar-refractivity contribution in [2.24, 2.45) is 0 Å². The Kier molecular flexibility index (Phi) is 7.06. The minimum Gasteiger partial charge on any atom is -0.489 e. The second kappa shape index (κ2) is 9.32. The first kappa shape index (κ1) is 25.0. The number of nitrogens with zero attached hydrogens (tertiary/aromatic N) is 1. The summed E-state index contributed by atoms with van der Waals surface area (Å²) in [5, 5.41) is 11.9. The maximum Gasteiger partial charge on any atom is 0.272 e. The van der Waals surface area contributed by atoms with Crippen LogP contribution in [0.5, 0.6) is 0 Å². The highest BCUT2D eigenvalue weighted by atomic mass is 28.4. The Morgan fingerprint density at radius 3 is 2.33 bits per heavy atom. The second-order valence-electron chi connectivity index (χ2n) is 10.0. The molecule has 2 atom stereocenters. The molecule has 2 aromatic rings. The molecule has 33 heavy (non-hydrogen) atoms. The van der Waals surface area contributed by atoms with Crippen molar-refractivity contribution in [1.29, 1.82) is 0 Å². The zero-order chi connectivity index (χ0) is 24.4. The summed E-state index contributed by atoms with van der Waals surface area (Å²) in [6, 6.07) is 16.3. The number of hydrogen-bond donors (Lipinski definition) is 1. The van der Waals surface area contributed by atoms with E-state index in [-0.39, 0.29) is 16.8 Å². The summed E-state index contributed by atoms with van der Waals surface area (Å²) in [6.07, 6.45) is 0.654. The first-order valence-electron chi connectivity index (χ1n) is 11.2. The van der Waals surface area contributed by atoms with Crippen LogP contribution in [0.4, 0.5) is 5.69 Å². The van der Waals surface area contributed by atoms with Gasteiger partial charge in [0, 0.05) is 11.3 Å². The maximum absolute atomic E-state index is 14.2. The van der Waals surface area contributed by atoms with Gasteiger partial charge in [0.15, 0.2) is 14.1 Å². The molecule has 6 heteroatoms. The van der Waals surface area contributed by atoms with Crippen molar-refractivity contribution in [1.82, 2.24) is 0 Å². The smallest absolute Gasteiger partial charge is 0.272 e. The fourth-order valence-electron chi connectivity index (χ4n) is 3.94. The fourth-order valence-corrected chi connectivity index (χ4v) is 4.99. The number of carbonyl (C=O) groups is 1. The van der Waals surface area contributed by atoms with Gasteiger partial charge in [-0.1, -0.05) is 81.6 Å². The normalized spacial score (nSPS) is 17.7. The highest BCUT2D eigenvalue weighted by Crippen LogP contribution is 2.41. The third-order valence-electron chi connectivity index (χ3n) is 6.93. The van der Waals surface area contributed by atoms with Crippen LogP contribution in [0.3, 0.4) is 0 Å². The molecule has 0 radical (unpaired) electrons. The summed E-state index contributed by atoms with van der Waals surface area (Å²) in [5.41, 5.74) is 2.79. The van der Waals surface area contributed by atoms with Gasteiger partial charge in [-0.15, -0.1) is 0 Å². The van der Waals surface area contributed by atoms with E-state index in [9.17, 15) is 9.90 Å². The van der Waals surface area contributed by atoms with Crippen molar-refractivity contribution in [3.05, 3.63) is 83.8 Å². The summed E-state index contributed by atoms with van der Waals surface area (Å²) in [6.45, 7) is 15.0. The number of methoxy groups -OCH3 is 1. The molecule has 176 valence electrons. The molecule has 0 spiro atoms. The molecular weight excluding hydrogens is 430 g/mol. The van der Waals surface area contributed by atoms with Gasteiger partial charge >= 0.3 is 0 Å². The Hall–Kier alpha value is -2.63. The van der Waals surface area contributed by atoms with Gasteiger partial charge in [0.05, 0.1) is 19.8 Å². The lowest BCUT2D eigenvalue weighted by atomic mass is 9.89. The van der Waals surface area contributed by atoms with E-state index in [0.717, 1.165) is 11.3 Å². The Bertz CT molecular complexity index is 1050. The zero-order valence-electron chi connectivity index (χ0n) is 20.5. The molecule has 0 unspecified atom stereocenters. The number of anilines is 1. The van der Waals surface area contributed by atoms with Crippen LogP contribution in [0.15, 0.2) is 72.7 Å². The van der Waals surface area contributed by atoms with E-state index >= 15 is 0 Å². The van der Waals surface area contributed by atoms with Gasteiger partial charge in [0.1, 0.15) is 0 Å².